The number of esters is 1. The largest absolute Gasteiger partial charge is 0.573 e. The van der Waals surface area contributed by atoms with Crippen molar-refractivity contribution < 1.29 is 37.1 Å². The monoisotopic (exact) mass is 310 g/mol. The summed E-state index contributed by atoms with van der Waals surface area (Å²) in [4.78, 5) is 24.5. The predicted molar refractivity (Wildman–Crippen MR) is 60.1 cm³/mol. The number of pyridine rings is 1. The number of methoxy groups -OCH3 is 1. The highest BCUT2D eigenvalue weighted by atomic mass is 19.4. The molecule has 1 aromatic heterocycles. The molecule has 0 aliphatic heterocycles. The maximum atomic E-state index is 12.4. The van der Waals surface area contributed by atoms with Crippen LogP contribution in [0.3, 0.4) is 0 Å². The molecule has 0 aromatic carbocycles. The van der Waals surface area contributed by atoms with Gasteiger partial charge in [0.15, 0.2) is 11.9 Å². The number of alkyl halides is 3. The van der Waals surface area contributed by atoms with Crippen LogP contribution in [0.25, 0.3) is 0 Å². The lowest BCUT2D eigenvalue weighted by Crippen LogP contribution is -2.21. The number of nitrogens with zero attached hydrogens (tertiary/aromatic N) is 2. The molecule has 0 aliphatic carbocycles. The molecule has 1 rings (SSSR count). The fourth-order valence-corrected chi connectivity index (χ4v) is 1.35. The van der Waals surface area contributed by atoms with Crippen LogP contribution in [0, 0.1) is 10.1 Å². The first-order valence-corrected chi connectivity index (χ1v) is 5.35. The Morgan fingerprint density at radius 2 is 2.05 bits per heavy atom. The summed E-state index contributed by atoms with van der Waals surface area (Å²) in [6, 6.07) is 0. The molecule has 0 spiro atoms. The van der Waals surface area contributed by atoms with Gasteiger partial charge in [-0.3, -0.25) is 0 Å². The van der Waals surface area contributed by atoms with Crippen LogP contribution in [0.1, 0.15) is 17.3 Å². The molecule has 116 valence electrons. The number of ether oxygens (including phenoxy) is 3. The van der Waals surface area contributed by atoms with Crippen LogP contribution in [-0.4, -0.2) is 36.0 Å². The van der Waals surface area contributed by atoms with Crippen LogP contribution in [0.5, 0.6) is 11.5 Å². The molecule has 8 nitrogen and oxygen atoms in total. The lowest BCUT2D eigenvalue weighted by molar-refractivity contribution is -0.390. The van der Waals surface area contributed by atoms with Crippen molar-refractivity contribution in [3.8, 4) is 11.5 Å². The van der Waals surface area contributed by atoms with E-state index in [2.05, 4.69) is 19.2 Å². The van der Waals surface area contributed by atoms with Gasteiger partial charge in [-0.1, -0.05) is 0 Å². The molecule has 0 radical (unpaired) electrons. The summed E-state index contributed by atoms with van der Waals surface area (Å²) in [5.74, 6) is -4.31. The number of hydrogen-bond donors (Lipinski definition) is 0. The molecule has 0 fully saturated rings. The van der Waals surface area contributed by atoms with Gasteiger partial charge in [0.25, 0.3) is 5.75 Å². The summed E-state index contributed by atoms with van der Waals surface area (Å²) in [5.41, 5.74) is -0.739. The van der Waals surface area contributed by atoms with Gasteiger partial charge < -0.3 is 24.3 Å². The summed E-state index contributed by atoms with van der Waals surface area (Å²) >= 11 is 0. The summed E-state index contributed by atoms with van der Waals surface area (Å²) in [6.45, 7) is 1.31. The van der Waals surface area contributed by atoms with Crippen molar-refractivity contribution in [3.05, 3.63) is 21.9 Å². The third-order valence-corrected chi connectivity index (χ3v) is 2.06. The SMILES string of the molecule is CCOC(=O)c1cnc([N+](=O)[O-])c(OC)c1OC(F)(F)F. The lowest BCUT2D eigenvalue weighted by atomic mass is 10.2. The highest BCUT2D eigenvalue weighted by Gasteiger charge is 2.38. The Morgan fingerprint density at radius 1 is 1.43 bits per heavy atom. The molecule has 11 heteroatoms. The van der Waals surface area contributed by atoms with Gasteiger partial charge in [-0.05, 0) is 16.8 Å². The van der Waals surface area contributed by atoms with E-state index >= 15 is 0 Å². The zero-order chi connectivity index (χ0) is 16.2. The zero-order valence-corrected chi connectivity index (χ0v) is 10.8. The standard InChI is InChI=1S/C10H9F3N2O6/c1-3-20-9(16)5-4-14-8(15(17)18)7(19-2)6(5)21-10(11,12)13/h4H,3H2,1-2H3. The summed E-state index contributed by atoms with van der Waals surface area (Å²) < 4.78 is 49.9. The van der Waals surface area contributed by atoms with Crippen LogP contribution in [0.15, 0.2) is 6.20 Å². The predicted octanol–water partition coefficient (Wildman–Crippen LogP) is 2.07. The second-order valence-electron chi connectivity index (χ2n) is 3.38. The number of nitro groups is 1. The number of hydrogen-bond acceptors (Lipinski definition) is 7. The van der Waals surface area contributed by atoms with Gasteiger partial charge in [0, 0.05) is 0 Å². The number of halogens is 3. The van der Waals surface area contributed by atoms with Gasteiger partial charge in [-0.2, -0.15) is 0 Å². The normalized spacial score (nSPS) is 10.9. The molecule has 0 bridgehead atoms. The third kappa shape index (κ3) is 3.94. The minimum Gasteiger partial charge on any atom is -0.486 e. The van der Waals surface area contributed by atoms with Crippen molar-refractivity contribution >= 4 is 11.8 Å². The van der Waals surface area contributed by atoms with E-state index in [0.717, 1.165) is 7.11 Å². The minimum absolute atomic E-state index is 0.121. The Morgan fingerprint density at radius 3 is 2.48 bits per heavy atom. The van der Waals surface area contributed by atoms with Gasteiger partial charge in [-0.15, -0.1) is 13.2 Å². The van der Waals surface area contributed by atoms with Gasteiger partial charge in [0.2, 0.25) is 0 Å². The molecule has 0 saturated carbocycles. The molecule has 0 atom stereocenters. The summed E-state index contributed by atoms with van der Waals surface area (Å²) in [6.07, 6.45) is -4.64. The second-order valence-corrected chi connectivity index (χ2v) is 3.38. The Bertz CT molecular complexity index is 560. The van der Waals surface area contributed by atoms with Crippen molar-refractivity contribution in [3.63, 3.8) is 0 Å². The minimum atomic E-state index is -5.19. The quantitative estimate of drug-likeness (QED) is 0.466. The molecule has 0 aliphatic rings. The van der Waals surface area contributed by atoms with E-state index < -0.39 is 40.1 Å². The average Bonchev–Trinajstić information content (AvgIpc) is 2.36. The highest BCUT2D eigenvalue weighted by molar-refractivity contribution is 5.93. The van der Waals surface area contributed by atoms with Gasteiger partial charge in [-0.25, -0.2) is 4.79 Å². The van der Waals surface area contributed by atoms with Gasteiger partial charge in [0.1, 0.15) is 5.56 Å². The van der Waals surface area contributed by atoms with Crippen LogP contribution < -0.4 is 9.47 Å². The van der Waals surface area contributed by atoms with Gasteiger partial charge >= 0.3 is 18.1 Å². The van der Waals surface area contributed by atoms with E-state index in [1.165, 1.54) is 6.92 Å². The van der Waals surface area contributed by atoms with E-state index in [-0.39, 0.29) is 6.61 Å². The molecule has 1 heterocycles. The first-order chi connectivity index (χ1) is 9.71. The molecule has 0 N–H and O–H groups in total. The topological polar surface area (TPSA) is 101 Å². The molecular weight excluding hydrogens is 301 g/mol. The number of aromatic nitrogens is 1. The molecule has 0 unspecified atom stereocenters. The van der Waals surface area contributed by atoms with E-state index in [1.807, 2.05) is 0 Å². The zero-order valence-electron chi connectivity index (χ0n) is 10.8. The van der Waals surface area contributed by atoms with E-state index in [4.69, 9.17) is 0 Å². The van der Waals surface area contributed by atoms with Crippen LogP contribution in [0.2, 0.25) is 0 Å². The lowest BCUT2D eigenvalue weighted by Gasteiger charge is -2.14. The first-order valence-electron chi connectivity index (χ1n) is 5.35. The van der Waals surface area contributed by atoms with Crippen molar-refractivity contribution in [1.82, 2.24) is 4.98 Å². The van der Waals surface area contributed by atoms with E-state index in [9.17, 15) is 28.1 Å². The first kappa shape index (κ1) is 16.5. The summed E-state index contributed by atoms with van der Waals surface area (Å²) in [5, 5.41) is 10.7. The van der Waals surface area contributed by atoms with Crippen molar-refractivity contribution in [1.29, 1.82) is 0 Å². The highest BCUT2D eigenvalue weighted by Crippen LogP contribution is 2.40. The Labute approximate surface area is 115 Å². The van der Waals surface area contributed by atoms with Crippen LogP contribution >= 0.6 is 0 Å². The summed E-state index contributed by atoms with van der Waals surface area (Å²) in [7, 11) is 0.877. The Kier molecular flexibility index (Phi) is 4.89. The maximum absolute atomic E-state index is 12.4. The Balaban J connectivity index is 3.50. The fraction of sp³-hybridized carbons (Fsp3) is 0.400. The number of carbonyl (C=O) groups excluding carboxylic acids is 1. The molecule has 0 amide bonds. The van der Waals surface area contributed by atoms with Crippen molar-refractivity contribution in [2.45, 2.75) is 13.3 Å². The van der Waals surface area contributed by atoms with Crippen LogP contribution in [0.4, 0.5) is 19.0 Å². The molecular formula is C10H9F3N2O6. The average molecular weight is 310 g/mol. The molecule has 21 heavy (non-hydrogen) atoms. The second kappa shape index (κ2) is 6.24. The molecule has 1 aromatic rings. The van der Waals surface area contributed by atoms with Crippen LogP contribution in [-0.2, 0) is 4.74 Å². The van der Waals surface area contributed by atoms with E-state index in [0.29, 0.717) is 6.20 Å². The third-order valence-electron chi connectivity index (χ3n) is 2.06. The van der Waals surface area contributed by atoms with Crippen molar-refractivity contribution in [2.24, 2.45) is 0 Å². The Hall–Kier alpha value is -2.59. The van der Waals surface area contributed by atoms with E-state index in [1.54, 1.807) is 0 Å². The van der Waals surface area contributed by atoms with Gasteiger partial charge in [0.05, 0.1) is 13.7 Å². The smallest absolute Gasteiger partial charge is 0.486 e. The maximum Gasteiger partial charge on any atom is 0.573 e. The number of carbonyl (C=O) groups is 1. The molecule has 0 saturated heterocycles. The fourth-order valence-electron chi connectivity index (χ4n) is 1.35. The van der Waals surface area contributed by atoms with Crippen molar-refractivity contribution in [2.75, 3.05) is 13.7 Å². The number of rotatable bonds is 5.